The molecule has 0 saturated heterocycles. The molecule has 0 saturated carbocycles. The molecular weight excluding hydrogens is 648 g/mol. The summed E-state index contributed by atoms with van der Waals surface area (Å²) < 4.78 is 29.0. The van der Waals surface area contributed by atoms with Crippen molar-refractivity contribution < 1.29 is 38.4 Å². The van der Waals surface area contributed by atoms with Crippen molar-refractivity contribution >= 4 is 34.1 Å². The van der Waals surface area contributed by atoms with Gasteiger partial charge in [0.15, 0.2) is 29.2 Å². The number of nitrogens with one attached hydrogen (secondary N) is 3. The minimum Gasteiger partial charge on any atom is -0.493 e. The van der Waals surface area contributed by atoms with Gasteiger partial charge < -0.3 is 39.4 Å². The van der Waals surface area contributed by atoms with Crippen molar-refractivity contribution in [3.63, 3.8) is 0 Å². The van der Waals surface area contributed by atoms with Gasteiger partial charge in [-0.1, -0.05) is 40.2 Å². The summed E-state index contributed by atoms with van der Waals surface area (Å²) in [5, 5.41) is 20.0. The summed E-state index contributed by atoms with van der Waals surface area (Å²) in [5.41, 5.74) is 5.50. The minimum atomic E-state index is -1.17. The first kappa shape index (κ1) is 33.1. The highest BCUT2D eigenvalue weighted by atomic mass is 79.9. The number of carbonyl (C=O) groups is 2. The van der Waals surface area contributed by atoms with Crippen LogP contribution in [0.5, 0.6) is 23.0 Å². The summed E-state index contributed by atoms with van der Waals surface area (Å²) in [6.45, 7) is 3.92. The van der Waals surface area contributed by atoms with Crippen molar-refractivity contribution in [3.8, 4) is 23.0 Å². The lowest BCUT2D eigenvalue weighted by molar-refractivity contribution is -0.136. The lowest BCUT2D eigenvalue weighted by atomic mass is 9.95. The Balaban J connectivity index is 1.42. The normalized spacial score (nSPS) is 15.2. The lowest BCUT2D eigenvalue weighted by Crippen LogP contribution is -2.45. The van der Waals surface area contributed by atoms with Crippen LogP contribution in [0.3, 0.4) is 0 Å². The second-order valence-electron chi connectivity index (χ2n) is 9.71. The molecule has 0 unspecified atom stereocenters. The van der Waals surface area contributed by atoms with Gasteiger partial charge in [-0.3, -0.25) is 5.43 Å². The summed E-state index contributed by atoms with van der Waals surface area (Å²) in [7, 11) is 2.83. The molecule has 4 rings (SSSR count). The van der Waals surface area contributed by atoms with Crippen LogP contribution < -0.4 is 35.0 Å². The van der Waals surface area contributed by atoms with Gasteiger partial charge in [-0.2, -0.15) is 5.10 Å². The molecule has 0 aromatic heterocycles. The highest BCUT2D eigenvalue weighted by Crippen LogP contribution is 2.35. The van der Waals surface area contributed by atoms with Gasteiger partial charge in [0, 0.05) is 15.7 Å². The molecule has 3 aromatic rings. The Morgan fingerprint density at radius 3 is 2.56 bits per heavy atom. The Labute approximate surface area is 269 Å². The minimum absolute atomic E-state index is 0.168. The van der Waals surface area contributed by atoms with Crippen LogP contribution in [0, 0.1) is 0 Å². The van der Waals surface area contributed by atoms with Crippen LogP contribution in [0.25, 0.3) is 0 Å². The van der Waals surface area contributed by atoms with Gasteiger partial charge in [-0.15, -0.1) is 0 Å². The number of allylic oxidation sites excluding steroid dienone is 1. The number of hydrogen-bond acceptors (Lipinski definition) is 10. The van der Waals surface area contributed by atoms with Gasteiger partial charge >= 0.3 is 12.0 Å². The average Bonchev–Trinajstić information content (AvgIpc) is 3.03. The molecule has 3 aromatic carbocycles. The van der Waals surface area contributed by atoms with Crippen LogP contribution in [-0.2, 0) is 16.1 Å². The van der Waals surface area contributed by atoms with Gasteiger partial charge in [0.2, 0.25) is 0 Å². The molecule has 4 N–H and O–H groups in total. The Morgan fingerprint density at radius 1 is 1.07 bits per heavy atom. The molecule has 0 aliphatic carbocycles. The summed E-state index contributed by atoms with van der Waals surface area (Å²) >= 11 is 3.43. The highest BCUT2D eigenvalue weighted by Gasteiger charge is 2.32. The van der Waals surface area contributed by atoms with E-state index in [4.69, 9.17) is 23.7 Å². The number of nitrogens with zero attached hydrogens (tertiary/aromatic N) is 1. The van der Waals surface area contributed by atoms with E-state index in [1.54, 1.807) is 38.3 Å². The van der Waals surface area contributed by atoms with E-state index in [9.17, 15) is 14.7 Å². The van der Waals surface area contributed by atoms with Crippen LogP contribution in [0.15, 0.2) is 81.5 Å². The third-order valence-corrected chi connectivity index (χ3v) is 7.15. The van der Waals surface area contributed by atoms with E-state index >= 15 is 0 Å². The summed E-state index contributed by atoms with van der Waals surface area (Å²) in [6, 6.07) is 17.0. The molecule has 0 radical (unpaired) electrons. The first-order valence-electron chi connectivity index (χ1n) is 14.0. The second-order valence-corrected chi connectivity index (χ2v) is 10.6. The fourth-order valence-corrected chi connectivity index (χ4v) is 4.77. The van der Waals surface area contributed by atoms with E-state index in [-0.39, 0.29) is 12.2 Å². The first-order valence-corrected chi connectivity index (χ1v) is 14.8. The van der Waals surface area contributed by atoms with Crippen molar-refractivity contribution in [1.29, 1.82) is 0 Å². The number of hydrazone groups is 1. The van der Waals surface area contributed by atoms with Gasteiger partial charge in [0.25, 0.3) is 0 Å². The number of aliphatic hydroxyl groups excluding tert-OH is 1. The molecule has 2 amide bonds. The molecule has 2 atom stereocenters. The molecule has 238 valence electrons. The maximum absolute atomic E-state index is 12.5. The quantitative estimate of drug-likeness (QED) is 0.0831. The maximum atomic E-state index is 12.5. The van der Waals surface area contributed by atoms with E-state index in [1.165, 1.54) is 13.3 Å². The topological polar surface area (TPSA) is 149 Å². The highest BCUT2D eigenvalue weighted by molar-refractivity contribution is 9.10. The molecule has 0 fully saturated rings. The molecular formula is C32H35BrN4O8. The van der Waals surface area contributed by atoms with Crippen LogP contribution in [0.1, 0.15) is 36.6 Å². The maximum Gasteiger partial charge on any atom is 0.337 e. The number of aliphatic hydroxyl groups is 1. The number of hydrogen-bond donors (Lipinski definition) is 4. The molecule has 0 bridgehead atoms. The first-order chi connectivity index (χ1) is 21.7. The second kappa shape index (κ2) is 15.8. The Morgan fingerprint density at radius 2 is 1.84 bits per heavy atom. The Hall–Kier alpha value is -4.75. The van der Waals surface area contributed by atoms with E-state index < -0.39 is 24.3 Å². The zero-order chi connectivity index (χ0) is 32.3. The Bertz CT molecular complexity index is 1560. The standard InChI is InChI=1S/C32H35BrN4O8/c1-5-43-26-15-21(29-28(31(39)42-4)19(2)35-32(40)36-29)11-14-24(26)44-18-27(38)37-34-16-22-7-6-8-25(41-3)30(22)45-17-20-9-12-23(33)13-10-20/h6-16,27,29,37-38H,5,17-18H2,1-4H3,(H2,35,36,40)/b34-16+/t27-,29-/m1/s1. The molecule has 45 heavy (non-hydrogen) atoms. The largest absolute Gasteiger partial charge is 0.493 e. The van der Waals surface area contributed by atoms with Crippen molar-refractivity contribution in [3.05, 3.63) is 93.1 Å². The van der Waals surface area contributed by atoms with Crippen molar-refractivity contribution in [2.24, 2.45) is 5.10 Å². The van der Waals surface area contributed by atoms with Gasteiger partial charge in [0.1, 0.15) is 13.2 Å². The van der Waals surface area contributed by atoms with Gasteiger partial charge in [-0.05, 0) is 61.4 Å². The lowest BCUT2D eigenvalue weighted by Gasteiger charge is -2.28. The number of esters is 1. The predicted octanol–water partition coefficient (Wildman–Crippen LogP) is 4.56. The Kier molecular flexibility index (Phi) is 11.7. The monoisotopic (exact) mass is 682 g/mol. The number of carbonyl (C=O) groups excluding carboxylic acids is 2. The molecule has 1 heterocycles. The summed E-state index contributed by atoms with van der Waals surface area (Å²) in [5.74, 6) is 1.19. The van der Waals surface area contributed by atoms with Crippen molar-refractivity contribution in [2.45, 2.75) is 32.7 Å². The van der Waals surface area contributed by atoms with Crippen LogP contribution >= 0.6 is 15.9 Å². The number of rotatable bonds is 14. The van der Waals surface area contributed by atoms with E-state index in [2.05, 4.69) is 37.1 Å². The van der Waals surface area contributed by atoms with E-state index in [0.717, 1.165) is 10.0 Å². The number of para-hydroxylation sites is 1. The number of benzene rings is 3. The fraction of sp³-hybridized carbons (Fsp3) is 0.281. The third-order valence-electron chi connectivity index (χ3n) is 6.63. The number of urea groups is 1. The smallest absolute Gasteiger partial charge is 0.337 e. The van der Waals surface area contributed by atoms with E-state index in [0.29, 0.717) is 53.0 Å². The summed E-state index contributed by atoms with van der Waals surface area (Å²) in [6.07, 6.45) is 0.346. The summed E-state index contributed by atoms with van der Waals surface area (Å²) in [4.78, 5) is 24.6. The van der Waals surface area contributed by atoms with E-state index in [1.807, 2.05) is 43.3 Å². The molecule has 1 aliphatic heterocycles. The molecule has 12 nitrogen and oxygen atoms in total. The van der Waals surface area contributed by atoms with Crippen LogP contribution in [-0.4, -0.2) is 57.0 Å². The van der Waals surface area contributed by atoms with Crippen LogP contribution in [0.4, 0.5) is 4.79 Å². The van der Waals surface area contributed by atoms with Gasteiger partial charge in [0.05, 0.1) is 38.7 Å². The number of halogens is 1. The molecule has 13 heteroatoms. The third kappa shape index (κ3) is 8.67. The molecule has 1 aliphatic rings. The SMILES string of the molecule is CCOc1cc([C@H]2NC(=O)NC(C)=C2C(=O)OC)ccc1OC[C@@H](O)N/N=C/c1cccc(OC)c1OCc1ccc(Br)cc1. The molecule has 0 spiro atoms. The van der Waals surface area contributed by atoms with Crippen LogP contribution in [0.2, 0.25) is 0 Å². The van der Waals surface area contributed by atoms with Crippen molar-refractivity contribution in [2.75, 3.05) is 27.4 Å². The predicted molar refractivity (Wildman–Crippen MR) is 170 cm³/mol. The number of ether oxygens (including phenoxy) is 5. The fourth-order valence-electron chi connectivity index (χ4n) is 4.50. The zero-order valence-corrected chi connectivity index (χ0v) is 26.8. The number of amides is 2. The zero-order valence-electron chi connectivity index (χ0n) is 25.3. The average molecular weight is 684 g/mol. The number of methoxy groups -OCH3 is 2. The van der Waals surface area contributed by atoms with Crippen molar-refractivity contribution in [1.82, 2.24) is 16.1 Å². The van der Waals surface area contributed by atoms with Gasteiger partial charge in [-0.25, -0.2) is 9.59 Å².